The van der Waals surface area contributed by atoms with Gasteiger partial charge in [0.25, 0.3) is 10.0 Å². The number of imidazole rings is 1. The van der Waals surface area contributed by atoms with Crippen LogP contribution < -0.4 is 10.0 Å². The van der Waals surface area contributed by atoms with Crippen molar-refractivity contribution in [1.82, 2.24) is 20.0 Å². The van der Waals surface area contributed by atoms with Crippen LogP contribution >= 0.6 is 0 Å². The summed E-state index contributed by atoms with van der Waals surface area (Å²) in [6.07, 6.45) is 3.38. The minimum absolute atomic E-state index is 0.143. The Bertz CT molecular complexity index is 462. The fraction of sp³-hybridized carbons (Fsp3) is 0.700. The van der Waals surface area contributed by atoms with Gasteiger partial charge in [0.15, 0.2) is 5.03 Å². The van der Waals surface area contributed by atoms with Crippen molar-refractivity contribution in [3.63, 3.8) is 0 Å². The average molecular weight is 258 g/mol. The Labute approximate surface area is 101 Å². The first-order chi connectivity index (χ1) is 8.08. The SMILES string of the molecule is Cc1ncc(S(=O)(=O)NCC2CCNCC2)[nH]1. The number of aryl methyl sites for hydroxylation is 1. The number of nitrogens with zero attached hydrogens (tertiary/aromatic N) is 1. The van der Waals surface area contributed by atoms with Gasteiger partial charge in [-0.2, -0.15) is 0 Å². The normalized spacial score (nSPS) is 18.4. The second kappa shape index (κ2) is 5.16. The Morgan fingerprint density at radius 1 is 1.47 bits per heavy atom. The number of rotatable bonds is 4. The molecule has 1 fully saturated rings. The number of aromatic nitrogens is 2. The molecule has 0 radical (unpaired) electrons. The molecule has 7 heteroatoms. The van der Waals surface area contributed by atoms with E-state index in [9.17, 15) is 8.42 Å². The quantitative estimate of drug-likeness (QED) is 0.709. The van der Waals surface area contributed by atoms with Crippen LogP contribution in [0.15, 0.2) is 11.2 Å². The lowest BCUT2D eigenvalue weighted by molar-refractivity contribution is 0.372. The zero-order chi connectivity index (χ0) is 12.3. The summed E-state index contributed by atoms with van der Waals surface area (Å²) >= 11 is 0. The van der Waals surface area contributed by atoms with Crippen molar-refractivity contribution < 1.29 is 8.42 Å². The lowest BCUT2D eigenvalue weighted by Crippen LogP contribution is -2.36. The molecular formula is C10H18N4O2S. The van der Waals surface area contributed by atoms with Crippen LogP contribution in [0.1, 0.15) is 18.7 Å². The number of hydrogen-bond acceptors (Lipinski definition) is 4. The van der Waals surface area contributed by atoms with E-state index in [4.69, 9.17) is 0 Å². The van der Waals surface area contributed by atoms with Gasteiger partial charge in [-0.15, -0.1) is 0 Å². The van der Waals surface area contributed by atoms with E-state index in [1.807, 2.05) is 0 Å². The Kier molecular flexibility index (Phi) is 3.80. The van der Waals surface area contributed by atoms with Gasteiger partial charge in [0.2, 0.25) is 0 Å². The van der Waals surface area contributed by atoms with Crippen LogP contribution in [0.2, 0.25) is 0 Å². The molecule has 0 aromatic carbocycles. The van der Waals surface area contributed by atoms with Crippen LogP contribution in [0.5, 0.6) is 0 Å². The summed E-state index contributed by atoms with van der Waals surface area (Å²) in [5, 5.41) is 3.40. The number of hydrogen-bond donors (Lipinski definition) is 3. The average Bonchev–Trinajstić information content (AvgIpc) is 2.76. The lowest BCUT2D eigenvalue weighted by Gasteiger charge is -2.22. The summed E-state index contributed by atoms with van der Waals surface area (Å²) in [4.78, 5) is 6.62. The number of sulfonamides is 1. The molecule has 1 aliphatic rings. The molecule has 0 spiro atoms. The summed E-state index contributed by atoms with van der Waals surface area (Å²) in [6.45, 7) is 4.17. The van der Waals surface area contributed by atoms with Crippen molar-refractivity contribution in [2.75, 3.05) is 19.6 Å². The predicted octanol–water partition coefficient (Wildman–Crippen LogP) is -0.00398. The van der Waals surface area contributed by atoms with Gasteiger partial charge in [0, 0.05) is 6.54 Å². The standard InChI is InChI=1S/C10H18N4O2S/c1-8-12-7-10(14-8)17(15,16)13-6-9-2-4-11-5-3-9/h7,9,11,13H,2-6H2,1H3,(H,12,14). The summed E-state index contributed by atoms with van der Waals surface area (Å²) < 4.78 is 26.4. The Morgan fingerprint density at radius 3 is 2.76 bits per heavy atom. The first-order valence-electron chi connectivity index (χ1n) is 5.80. The van der Waals surface area contributed by atoms with E-state index in [0.717, 1.165) is 25.9 Å². The third-order valence-corrected chi connectivity index (χ3v) is 4.32. The zero-order valence-electron chi connectivity index (χ0n) is 9.86. The second-order valence-electron chi connectivity index (χ2n) is 4.38. The number of nitrogens with one attached hydrogen (secondary N) is 3. The van der Waals surface area contributed by atoms with Crippen molar-refractivity contribution in [3.05, 3.63) is 12.0 Å². The Hall–Kier alpha value is -0.920. The van der Waals surface area contributed by atoms with Crippen LogP contribution in [0.3, 0.4) is 0 Å². The monoisotopic (exact) mass is 258 g/mol. The van der Waals surface area contributed by atoms with Crippen molar-refractivity contribution >= 4 is 10.0 Å². The zero-order valence-corrected chi connectivity index (χ0v) is 10.7. The molecule has 0 saturated carbocycles. The summed E-state index contributed by atoms with van der Waals surface area (Å²) in [7, 11) is -3.43. The van der Waals surface area contributed by atoms with E-state index in [1.165, 1.54) is 6.20 Å². The highest BCUT2D eigenvalue weighted by molar-refractivity contribution is 7.89. The highest BCUT2D eigenvalue weighted by atomic mass is 32.2. The second-order valence-corrected chi connectivity index (χ2v) is 6.11. The van der Waals surface area contributed by atoms with Crippen molar-refractivity contribution in [2.24, 2.45) is 5.92 Å². The molecule has 2 rings (SSSR count). The number of aromatic amines is 1. The molecule has 3 N–H and O–H groups in total. The first kappa shape index (κ1) is 12.5. The van der Waals surface area contributed by atoms with E-state index in [-0.39, 0.29) is 5.03 Å². The third-order valence-electron chi connectivity index (χ3n) is 2.99. The minimum Gasteiger partial charge on any atom is -0.332 e. The predicted molar refractivity (Wildman–Crippen MR) is 64.1 cm³/mol. The van der Waals surface area contributed by atoms with E-state index >= 15 is 0 Å². The summed E-state index contributed by atoms with van der Waals surface area (Å²) in [6, 6.07) is 0. The van der Waals surface area contributed by atoms with E-state index in [2.05, 4.69) is 20.0 Å². The third kappa shape index (κ3) is 3.27. The van der Waals surface area contributed by atoms with Gasteiger partial charge in [0.05, 0.1) is 6.20 Å². The summed E-state index contributed by atoms with van der Waals surface area (Å²) in [5.41, 5.74) is 0. The Morgan fingerprint density at radius 2 is 2.18 bits per heavy atom. The molecule has 0 unspecified atom stereocenters. The smallest absolute Gasteiger partial charge is 0.257 e. The van der Waals surface area contributed by atoms with E-state index < -0.39 is 10.0 Å². The largest absolute Gasteiger partial charge is 0.332 e. The number of H-pyrrole nitrogens is 1. The molecule has 17 heavy (non-hydrogen) atoms. The topological polar surface area (TPSA) is 86.9 Å². The van der Waals surface area contributed by atoms with Crippen molar-refractivity contribution in [2.45, 2.75) is 24.8 Å². The van der Waals surface area contributed by atoms with Crippen molar-refractivity contribution in [3.8, 4) is 0 Å². The fourth-order valence-corrected chi connectivity index (χ4v) is 3.01. The molecular weight excluding hydrogens is 240 g/mol. The molecule has 1 aromatic rings. The van der Waals surface area contributed by atoms with Gasteiger partial charge in [-0.25, -0.2) is 18.1 Å². The molecule has 1 saturated heterocycles. The highest BCUT2D eigenvalue weighted by Crippen LogP contribution is 2.12. The highest BCUT2D eigenvalue weighted by Gasteiger charge is 2.19. The van der Waals surface area contributed by atoms with Gasteiger partial charge >= 0.3 is 0 Å². The molecule has 0 atom stereocenters. The van der Waals surface area contributed by atoms with Crippen LogP contribution in [-0.2, 0) is 10.0 Å². The molecule has 1 aromatic heterocycles. The molecule has 96 valence electrons. The van der Waals surface area contributed by atoms with Gasteiger partial charge in [-0.1, -0.05) is 0 Å². The first-order valence-corrected chi connectivity index (χ1v) is 7.28. The van der Waals surface area contributed by atoms with E-state index in [0.29, 0.717) is 18.3 Å². The molecule has 0 aliphatic carbocycles. The maximum absolute atomic E-state index is 11.9. The Balaban J connectivity index is 1.93. The molecule has 0 bridgehead atoms. The summed E-state index contributed by atoms with van der Waals surface area (Å²) in [5.74, 6) is 1.03. The van der Waals surface area contributed by atoms with Gasteiger partial charge < -0.3 is 10.3 Å². The van der Waals surface area contributed by atoms with Gasteiger partial charge in [-0.05, 0) is 38.8 Å². The lowest BCUT2D eigenvalue weighted by atomic mass is 9.99. The molecule has 1 aliphatic heterocycles. The van der Waals surface area contributed by atoms with Crippen molar-refractivity contribution in [1.29, 1.82) is 0 Å². The van der Waals surface area contributed by atoms with Gasteiger partial charge in [-0.3, -0.25) is 0 Å². The van der Waals surface area contributed by atoms with Crippen LogP contribution in [0, 0.1) is 12.8 Å². The van der Waals surface area contributed by atoms with Gasteiger partial charge in [0.1, 0.15) is 5.82 Å². The molecule has 6 nitrogen and oxygen atoms in total. The fourth-order valence-electron chi connectivity index (χ4n) is 1.93. The van der Waals surface area contributed by atoms with Crippen LogP contribution in [-0.4, -0.2) is 38.0 Å². The molecule has 0 amide bonds. The molecule has 2 heterocycles. The maximum atomic E-state index is 11.9. The van der Waals surface area contributed by atoms with Crippen LogP contribution in [0.25, 0.3) is 0 Å². The van der Waals surface area contributed by atoms with Crippen LogP contribution in [0.4, 0.5) is 0 Å². The number of piperidine rings is 1. The minimum atomic E-state index is -3.43. The van der Waals surface area contributed by atoms with E-state index in [1.54, 1.807) is 6.92 Å². The maximum Gasteiger partial charge on any atom is 0.257 e.